The van der Waals surface area contributed by atoms with Crippen molar-refractivity contribution in [3.8, 4) is 0 Å². The third-order valence-electron chi connectivity index (χ3n) is 4.07. The van der Waals surface area contributed by atoms with Crippen molar-refractivity contribution in [2.75, 3.05) is 5.32 Å². The molecule has 0 saturated heterocycles. The zero-order valence-electron chi connectivity index (χ0n) is 14.3. The number of nitrogens with zero attached hydrogens (tertiary/aromatic N) is 1. The molecule has 1 aromatic carbocycles. The van der Waals surface area contributed by atoms with Gasteiger partial charge in [0.2, 0.25) is 0 Å². The first kappa shape index (κ1) is 19.1. The second kappa shape index (κ2) is 7.78. The number of hydrogen-bond donors (Lipinski definition) is 1. The minimum atomic E-state index is -0.968. The summed E-state index contributed by atoms with van der Waals surface area (Å²) < 4.78 is 29.0. The summed E-state index contributed by atoms with van der Waals surface area (Å²) in [4.78, 5) is 24.9. The first-order valence-corrected chi connectivity index (χ1v) is 8.31. The number of amides is 1. The smallest absolute Gasteiger partial charge is 0.274 e. The highest BCUT2D eigenvalue weighted by molar-refractivity contribution is 6.34. The Kier molecular flexibility index (Phi) is 5.95. The number of nitrogens with one attached hydrogen (secondary N) is 1. The summed E-state index contributed by atoms with van der Waals surface area (Å²) in [5, 5.41) is 1.74. The molecule has 0 atom stereocenters. The summed E-state index contributed by atoms with van der Waals surface area (Å²) in [5.41, 5.74) is 0.587. The lowest BCUT2D eigenvalue weighted by Gasteiger charge is -2.15. The zero-order valence-corrected chi connectivity index (χ0v) is 15.0. The number of unbranched alkanes of at least 4 members (excludes halogenated alkanes) is 1. The molecular weight excluding hydrogens is 350 g/mol. The highest BCUT2D eigenvalue weighted by Gasteiger charge is 2.21. The lowest BCUT2D eigenvalue weighted by Crippen LogP contribution is -2.28. The van der Waals surface area contributed by atoms with Crippen molar-refractivity contribution in [3.63, 3.8) is 0 Å². The van der Waals surface area contributed by atoms with E-state index < -0.39 is 33.7 Å². The van der Waals surface area contributed by atoms with Crippen molar-refractivity contribution in [1.82, 2.24) is 4.57 Å². The SMILES string of the molecule is CCCCn1c(C)c(C)cc(NC(=O)c2c(F)ccc(F)c2Cl)c1=O. The Labute approximate surface area is 149 Å². The molecule has 0 bridgehead atoms. The van der Waals surface area contributed by atoms with Gasteiger partial charge >= 0.3 is 0 Å². The molecule has 4 nitrogen and oxygen atoms in total. The molecule has 1 heterocycles. The Morgan fingerprint density at radius 1 is 1.24 bits per heavy atom. The van der Waals surface area contributed by atoms with E-state index in [4.69, 9.17) is 11.6 Å². The molecule has 0 spiro atoms. The summed E-state index contributed by atoms with van der Waals surface area (Å²) >= 11 is 5.70. The largest absolute Gasteiger partial charge is 0.317 e. The zero-order chi connectivity index (χ0) is 18.7. The van der Waals surface area contributed by atoms with E-state index in [1.54, 1.807) is 4.57 Å². The maximum absolute atomic E-state index is 13.9. The number of aryl methyl sites for hydroxylation is 1. The van der Waals surface area contributed by atoms with Crippen LogP contribution in [0.5, 0.6) is 0 Å². The van der Waals surface area contributed by atoms with Crippen molar-refractivity contribution in [2.24, 2.45) is 0 Å². The number of carbonyl (C=O) groups is 1. The van der Waals surface area contributed by atoms with Gasteiger partial charge in [0.05, 0.1) is 10.6 Å². The number of pyridine rings is 1. The number of carbonyl (C=O) groups excluding carboxylic acids is 1. The van der Waals surface area contributed by atoms with E-state index in [-0.39, 0.29) is 5.69 Å². The van der Waals surface area contributed by atoms with Gasteiger partial charge in [0.1, 0.15) is 17.3 Å². The van der Waals surface area contributed by atoms with Crippen LogP contribution < -0.4 is 10.9 Å². The molecule has 7 heteroatoms. The van der Waals surface area contributed by atoms with Gasteiger partial charge in [-0.3, -0.25) is 9.59 Å². The first-order valence-electron chi connectivity index (χ1n) is 7.93. The van der Waals surface area contributed by atoms with Crippen LogP contribution in [-0.2, 0) is 6.54 Å². The highest BCUT2D eigenvalue weighted by atomic mass is 35.5. The molecule has 0 fully saturated rings. The Morgan fingerprint density at radius 3 is 2.52 bits per heavy atom. The molecule has 2 rings (SSSR count). The van der Waals surface area contributed by atoms with Crippen LogP contribution in [0.15, 0.2) is 23.0 Å². The molecule has 1 amide bonds. The predicted octanol–water partition coefficient (Wildman–Crippen LogP) is 4.45. The molecule has 0 unspecified atom stereocenters. The van der Waals surface area contributed by atoms with Crippen LogP contribution in [0.25, 0.3) is 0 Å². The second-order valence-electron chi connectivity index (χ2n) is 5.81. The van der Waals surface area contributed by atoms with Crippen molar-refractivity contribution < 1.29 is 13.6 Å². The van der Waals surface area contributed by atoms with Gasteiger partial charge in [0.25, 0.3) is 11.5 Å². The quantitative estimate of drug-likeness (QED) is 0.793. The van der Waals surface area contributed by atoms with Crippen LogP contribution >= 0.6 is 11.6 Å². The first-order chi connectivity index (χ1) is 11.8. The van der Waals surface area contributed by atoms with Crippen LogP contribution in [0.4, 0.5) is 14.5 Å². The molecule has 0 aliphatic rings. The van der Waals surface area contributed by atoms with Crippen LogP contribution in [0.2, 0.25) is 5.02 Å². The Bertz CT molecular complexity index is 878. The number of rotatable bonds is 5. The Morgan fingerprint density at radius 2 is 1.88 bits per heavy atom. The molecule has 1 aromatic heterocycles. The van der Waals surface area contributed by atoms with Crippen LogP contribution in [0.3, 0.4) is 0 Å². The van der Waals surface area contributed by atoms with E-state index in [1.807, 2.05) is 20.8 Å². The summed E-state index contributed by atoms with van der Waals surface area (Å²) in [6.45, 7) is 6.15. The fourth-order valence-electron chi connectivity index (χ4n) is 2.49. The monoisotopic (exact) mass is 368 g/mol. The normalized spacial score (nSPS) is 10.8. The minimum Gasteiger partial charge on any atom is -0.317 e. The molecule has 0 radical (unpaired) electrons. The second-order valence-corrected chi connectivity index (χ2v) is 6.19. The molecule has 134 valence electrons. The number of benzene rings is 1. The number of halogens is 3. The van der Waals surface area contributed by atoms with E-state index >= 15 is 0 Å². The van der Waals surface area contributed by atoms with Gasteiger partial charge in [0, 0.05) is 12.2 Å². The number of aromatic nitrogens is 1. The van der Waals surface area contributed by atoms with Gasteiger partial charge in [-0.1, -0.05) is 24.9 Å². The van der Waals surface area contributed by atoms with Crippen LogP contribution in [0.1, 0.15) is 41.4 Å². The summed E-state index contributed by atoms with van der Waals surface area (Å²) in [6.07, 6.45) is 1.72. The van der Waals surface area contributed by atoms with Crippen molar-refractivity contribution >= 4 is 23.2 Å². The summed E-state index contributed by atoms with van der Waals surface area (Å²) in [5.74, 6) is -2.84. The maximum atomic E-state index is 13.9. The van der Waals surface area contributed by atoms with Gasteiger partial charge < -0.3 is 9.88 Å². The van der Waals surface area contributed by atoms with Crippen LogP contribution in [-0.4, -0.2) is 10.5 Å². The van der Waals surface area contributed by atoms with Gasteiger partial charge in [-0.15, -0.1) is 0 Å². The fraction of sp³-hybridized carbons (Fsp3) is 0.333. The maximum Gasteiger partial charge on any atom is 0.274 e. The third-order valence-corrected chi connectivity index (χ3v) is 4.44. The van der Waals surface area contributed by atoms with Gasteiger partial charge in [-0.2, -0.15) is 0 Å². The predicted molar refractivity (Wildman–Crippen MR) is 94.4 cm³/mol. The molecule has 2 aromatic rings. The third kappa shape index (κ3) is 3.90. The molecule has 0 saturated carbocycles. The molecule has 25 heavy (non-hydrogen) atoms. The standard InChI is InChI=1S/C18H19ClF2N2O2/c1-4-5-8-23-11(3)10(2)9-14(18(23)25)22-17(24)15-12(20)6-7-13(21)16(15)19/h6-7,9H,4-5,8H2,1-3H3,(H,22,24). The molecule has 0 aliphatic carbocycles. The number of hydrogen-bond acceptors (Lipinski definition) is 2. The topological polar surface area (TPSA) is 51.1 Å². The Balaban J connectivity index is 2.44. The average molecular weight is 369 g/mol. The van der Waals surface area contributed by atoms with Crippen molar-refractivity contribution in [3.05, 3.63) is 62.0 Å². The lowest BCUT2D eigenvalue weighted by atomic mass is 10.1. The summed E-state index contributed by atoms with van der Waals surface area (Å²) in [6, 6.07) is 3.17. The van der Waals surface area contributed by atoms with E-state index in [0.29, 0.717) is 6.54 Å². The molecule has 1 N–H and O–H groups in total. The van der Waals surface area contributed by atoms with Crippen LogP contribution in [0, 0.1) is 25.5 Å². The van der Waals surface area contributed by atoms with E-state index in [9.17, 15) is 18.4 Å². The van der Waals surface area contributed by atoms with Crippen molar-refractivity contribution in [2.45, 2.75) is 40.2 Å². The average Bonchev–Trinajstić information content (AvgIpc) is 2.56. The van der Waals surface area contributed by atoms with Gasteiger partial charge in [0.15, 0.2) is 0 Å². The minimum absolute atomic E-state index is 0.00364. The highest BCUT2D eigenvalue weighted by Crippen LogP contribution is 2.24. The molecule has 0 aliphatic heterocycles. The number of anilines is 1. The Hall–Kier alpha value is -2.21. The van der Waals surface area contributed by atoms with Crippen molar-refractivity contribution in [1.29, 1.82) is 0 Å². The summed E-state index contributed by atoms with van der Waals surface area (Å²) in [7, 11) is 0. The lowest BCUT2D eigenvalue weighted by molar-refractivity contribution is 0.102. The van der Waals surface area contributed by atoms with Gasteiger partial charge in [-0.25, -0.2) is 8.78 Å². The van der Waals surface area contributed by atoms with E-state index in [0.717, 1.165) is 36.2 Å². The van der Waals surface area contributed by atoms with Gasteiger partial charge in [-0.05, 0) is 44.0 Å². The van der Waals surface area contributed by atoms with E-state index in [1.165, 1.54) is 6.07 Å². The fourth-order valence-corrected chi connectivity index (χ4v) is 2.73. The van der Waals surface area contributed by atoms with E-state index in [2.05, 4.69) is 5.32 Å². The molecular formula is C18H19ClF2N2O2.